The van der Waals surface area contributed by atoms with Gasteiger partial charge >= 0.3 is 6.18 Å². The van der Waals surface area contributed by atoms with Gasteiger partial charge in [-0.05, 0) is 55.0 Å². The number of aromatic nitrogens is 1. The van der Waals surface area contributed by atoms with E-state index < -0.39 is 17.6 Å². The molecule has 2 fully saturated rings. The van der Waals surface area contributed by atoms with Gasteiger partial charge in [-0.1, -0.05) is 30.9 Å². The smallest absolute Gasteiger partial charge is 0.370 e. The Labute approximate surface area is 178 Å². The number of amides is 1. The Morgan fingerprint density at radius 1 is 1.10 bits per heavy atom. The van der Waals surface area contributed by atoms with E-state index in [2.05, 4.69) is 15.2 Å². The molecule has 8 heteroatoms. The van der Waals surface area contributed by atoms with Gasteiger partial charge in [0.25, 0.3) is 5.91 Å². The number of rotatable bonds is 3. The summed E-state index contributed by atoms with van der Waals surface area (Å²) in [7, 11) is 0. The standard InChI is InChI=1S/C22H23ClF3N3O/c23-20-11-15(7-9-27-20)21(30)28-18-12-17(22(24,25)26)5-6-19(18)29-10-8-14-3-1-2-4-16(14)13-29/h5-7,9,11-12,14,16H,1-4,8,10,13H2,(H,28,30)/t14-,16?/m0/s1. The zero-order valence-corrected chi connectivity index (χ0v) is 17.1. The number of piperidine rings is 1. The topological polar surface area (TPSA) is 45.2 Å². The average Bonchev–Trinajstić information content (AvgIpc) is 2.72. The molecule has 1 aliphatic heterocycles. The van der Waals surface area contributed by atoms with Crippen LogP contribution >= 0.6 is 11.6 Å². The van der Waals surface area contributed by atoms with Gasteiger partial charge in [-0.2, -0.15) is 13.2 Å². The molecular formula is C22H23ClF3N3O. The maximum atomic E-state index is 13.3. The highest BCUT2D eigenvalue weighted by atomic mass is 35.5. The van der Waals surface area contributed by atoms with Crippen LogP contribution in [0.25, 0.3) is 0 Å². The van der Waals surface area contributed by atoms with E-state index in [-0.39, 0.29) is 16.4 Å². The number of carbonyl (C=O) groups is 1. The summed E-state index contributed by atoms with van der Waals surface area (Å²) < 4.78 is 40.0. The minimum absolute atomic E-state index is 0.145. The maximum Gasteiger partial charge on any atom is 0.416 e. The Morgan fingerprint density at radius 2 is 1.87 bits per heavy atom. The lowest BCUT2D eigenvalue weighted by molar-refractivity contribution is -0.137. The number of fused-ring (bicyclic) bond motifs is 1. The largest absolute Gasteiger partial charge is 0.416 e. The van der Waals surface area contributed by atoms with Gasteiger partial charge in [0.1, 0.15) is 5.15 Å². The third-order valence-corrected chi connectivity index (χ3v) is 6.40. The van der Waals surface area contributed by atoms with Crippen LogP contribution in [0.4, 0.5) is 24.5 Å². The van der Waals surface area contributed by atoms with Crippen molar-refractivity contribution in [1.82, 2.24) is 4.98 Å². The monoisotopic (exact) mass is 437 g/mol. The van der Waals surface area contributed by atoms with E-state index >= 15 is 0 Å². The van der Waals surface area contributed by atoms with E-state index in [4.69, 9.17) is 11.6 Å². The van der Waals surface area contributed by atoms with Crippen molar-refractivity contribution in [3.8, 4) is 0 Å². The van der Waals surface area contributed by atoms with Crippen LogP contribution in [0.3, 0.4) is 0 Å². The van der Waals surface area contributed by atoms with Crippen LogP contribution in [0.15, 0.2) is 36.5 Å². The number of nitrogens with one attached hydrogen (secondary N) is 1. The Hall–Kier alpha value is -2.28. The molecule has 1 N–H and O–H groups in total. The molecule has 4 nitrogen and oxygen atoms in total. The average molecular weight is 438 g/mol. The van der Waals surface area contributed by atoms with Crippen molar-refractivity contribution in [2.24, 2.45) is 11.8 Å². The summed E-state index contributed by atoms with van der Waals surface area (Å²) in [6, 6.07) is 6.44. The summed E-state index contributed by atoms with van der Waals surface area (Å²) in [5, 5.41) is 2.81. The van der Waals surface area contributed by atoms with Crippen molar-refractivity contribution in [3.63, 3.8) is 0 Å². The van der Waals surface area contributed by atoms with E-state index in [9.17, 15) is 18.0 Å². The van der Waals surface area contributed by atoms with Gasteiger partial charge in [0.2, 0.25) is 0 Å². The fourth-order valence-electron chi connectivity index (χ4n) is 4.65. The summed E-state index contributed by atoms with van der Waals surface area (Å²) in [6.07, 6.45) is 2.77. The minimum Gasteiger partial charge on any atom is -0.370 e. The molecule has 0 bridgehead atoms. The van der Waals surface area contributed by atoms with Crippen LogP contribution in [0.5, 0.6) is 0 Å². The van der Waals surface area contributed by atoms with Crippen LogP contribution in [0, 0.1) is 11.8 Å². The van der Waals surface area contributed by atoms with Crippen molar-refractivity contribution in [2.75, 3.05) is 23.3 Å². The highest BCUT2D eigenvalue weighted by Crippen LogP contribution is 2.41. The van der Waals surface area contributed by atoms with E-state index in [1.165, 1.54) is 43.7 Å². The molecule has 30 heavy (non-hydrogen) atoms. The van der Waals surface area contributed by atoms with Crippen LogP contribution in [0.2, 0.25) is 5.15 Å². The van der Waals surface area contributed by atoms with Gasteiger partial charge in [-0.3, -0.25) is 4.79 Å². The zero-order valence-electron chi connectivity index (χ0n) is 16.4. The van der Waals surface area contributed by atoms with Crippen LogP contribution in [-0.2, 0) is 6.18 Å². The van der Waals surface area contributed by atoms with E-state index in [1.54, 1.807) is 0 Å². The minimum atomic E-state index is -4.49. The predicted molar refractivity (Wildman–Crippen MR) is 111 cm³/mol. The second kappa shape index (κ2) is 8.46. The lowest BCUT2D eigenvalue weighted by Gasteiger charge is -2.42. The number of nitrogens with zero attached hydrogens (tertiary/aromatic N) is 2. The summed E-state index contributed by atoms with van der Waals surface area (Å²) in [5.74, 6) is 0.728. The number of alkyl halides is 3. The number of hydrogen-bond acceptors (Lipinski definition) is 3. The van der Waals surface area contributed by atoms with E-state index in [0.717, 1.165) is 38.1 Å². The molecule has 0 spiro atoms. The van der Waals surface area contributed by atoms with Crippen molar-refractivity contribution < 1.29 is 18.0 Å². The highest BCUT2D eigenvalue weighted by molar-refractivity contribution is 6.29. The molecule has 2 aliphatic rings. The summed E-state index contributed by atoms with van der Waals surface area (Å²) in [4.78, 5) is 18.6. The Morgan fingerprint density at radius 3 is 2.60 bits per heavy atom. The molecule has 1 amide bonds. The maximum absolute atomic E-state index is 13.3. The normalized spacial score (nSPS) is 21.8. The predicted octanol–water partition coefficient (Wildman–Crippen LogP) is 6.02. The molecule has 1 aromatic carbocycles. The highest BCUT2D eigenvalue weighted by Gasteiger charge is 2.34. The van der Waals surface area contributed by atoms with E-state index in [1.807, 2.05) is 0 Å². The molecular weight excluding hydrogens is 415 g/mol. The van der Waals surface area contributed by atoms with Crippen molar-refractivity contribution >= 4 is 28.9 Å². The van der Waals surface area contributed by atoms with Gasteiger partial charge in [0, 0.05) is 24.8 Å². The SMILES string of the molecule is O=C(Nc1cc(C(F)(F)F)ccc1N1CC[C@@H]2CCCCC2C1)c1ccnc(Cl)c1. The number of carbonyl (C=O) groups excluding carboxylic acids is 1. The Kier molecular flexibility index (Phi) is 5.91. The van der Waals surface area contributed by atoms with Gasteiger partial charge in [-0.25, -0.2) is 4.98 Å². The van der Waals surface area contributed by atoms with Gasteiger partial charge < -0.3 is 10.2 Å². The first-order chi connectivity index (χ1) is 14.3. The lowest BCUT2D eigenvalue weighted by Crippen LogP contribution is -2.42. The van der Waals surface area contributed by atoms with Crippen LogP contribution in [0.1, 0.15) is 48.0 Å². The number of pyridine rings is 1. The van der Waals surface area contributed by atoms with Gasteiger partial charge in [-0.15, -0.1) is 0 Å². The third kappa shape index (κ3) is 4.56. The van der Waals surface area contributed by atoms with Crippen molar-refractivity contribution in [1.29, 1.82) is 0 Å². The summed E-state index contributed by atoms with van der Waals surface area (Å²) in [5.41, 5.74) is 0.240. The first-order valence-electron chi connectivity index (χ1n) is 10.2. The molecule has 1 saturated heterocycles. The van der Waals surface area contributed by atoms with Gasteiger partial charge in [0.05, 0.1) is 16.9 Å². The van der Waals surface area contributed by atoms with Gasteiger partial charge in [0.15, 0.2) is 0 Å². The molecule has 160 valence electrons. The second-order valence-corrected chi connectivity index (χ2v) is 8.48. The summed E-state index contributed by atoms with van der Waals surface area (Å²) >= 11 is 5.85. The zero-order chi connectivity index (χ0) is 21.3. The molecule has 4 rings (SSSR count). The number of halogens is 4. The first kappa shape index (κ1) is 21.0. The molecule has 1 saturated carbocycles. The fraction of sp³-hybridized carbons (Fsp3) is 0.455. The third-order valence-electron chi connectivity index (χ3n) is 6.19. The first-order valence-corrected chi connectivity index (χ1v) is 10.6. The van der Waals surface area contributed by atoms with Crippen molar-refractivity contribution in [3.05, 3.63) is 52.8 Å². The summed E-state index contributed by atoms with van der Waals surface area (Å²) in [6.45, 7) is 1.58. The molecule has 2 atom stereocenters. The lowest BCUT2D eigenvalue weighted by atomic mass is 9.75. The Balaban J connectivity index is 1.63. The molecule has 1 aliphatic carbocycles. The quantitative estimate of drug-likeness (QED) is 0.597. The second-order valence-electron chi connectivity index (χ2n) is 8.09. The number of hydrogen-bond donors (Lipinski definition) is 1. The molecule has 2 heterocycles. The van der Waals surface area contributed by atoms with Crippen molar-refractivity contribution in [2.45, 2.75) is 38.3 Å². The molecule has 1 unspecified atom stereocenters. The molecule has 0 radical (unpaired) electrons. The number of benzene rings is 1. The van der Waals surface area contributed by atoms with E-state index in [0.29, 0.717) is 17.5 Å². The Bertz CT molecular complexity index is 934. The fourth-order valence-corrected chi connectivity index (χ4v) is 4.82. The van der Waals surface area contributed by atoms with Crippen LogP contribution in [-0.4, -0.2) is 24.0 Å². The van der Waals surface area contributed by atoms with Crippen LogP contribution < -0.4 is 10.2 Å². The molecule has 2 aromatic rings. The molecule has 1 aromatic heterocycles. The number of anilines is 2.